The van der Waals surface area contributed by atoms with E-state index in [1.54, 1.807) is 0 Å². The summed E-state index contributed by atoms with van der Waals surface area (Å²) < 4.78 is 2.44. The van der Waals surface area contributed by atoms with Crippen LogP contribution in [0, 0.1) is 0 Å². The van der Waals surface area contributed by atoms with Gasteiger partial charge in [-0.1, -0.05) is 48.5 Å². The second kappa shape index (κ2) is 5.47. The molecule has 0 radical (unpaired) electrons. The minimum Gasteiger partial charge on any atom is -0.313 e. The molecule has 0 saturated heterocycles. The number of hydrogen-bond donors (Lipinski definition) is 0. The van der Waals surface area contributed by atoms with Crippen LogP contribution in [0.25, 0.3) is 16.9 Å². The van der Waals surface area contributed by atoms with E-state index in [0.29, 0.717) is 0 Å². The number of aromatic nitrogens is 1. The fraction of sp³-hybridized carbons (Fsp3) is 0.200. The van der Waals surface area contributed by atoms with Crippen molar-refractivity contribution in [1.29, 1.82) is 0 Å². The maximum atomic E-state index is 2.44. The third kappa shape index (κ3) is 2.26. The van der Waals surface area contributed by atoms with Crippen molar-refractivity contribution in [3.8, 4) is 16.9 Å². The lowest BCUT2D eigenvalue weighted by Crippen LogP contribution is -2.27. The molecule has 2 heteroatoms. The molecule has 3 aromatic rings. The molecule has 2 heterocycles. The summed E-state index contributed by atoms with van der Waals surface area (Å²) in [7, 11) is 2.20. The fourth-order valence-electron chi connectivity index (χ4n) is 3.37. The summed E-state index contributed by atoms with van der Waals surface area (Å²) in [5.41, 5.74) is 6.75. The molecule has 0 spiro atoms. The van der Waals surface area contributed by atoms with Crippen LogP contribution in [0.15, 0.2) is 66.7 Å². The zero-order valence-corrected chi connectivity index (χ0v) is 12.9. The molecule has 1 aliphatic heterocycles. The Kier molecular flexibility index (Phi) is 3.32. The van der Waals surface area contributed by atoms with E-state index in [1.807, 2.05) is 0 Å². The average Bonchev–Trinajstić information content (AvgIpc) is 2.95. The number of para-hydroxylation sites is 1. The smallest absolute Gasteiger partial charge is 0.0534 e. The van der Waals surface area contributed by atoms with Gasteiger partial charge in [0.1, 0.15) is 0 Å². The van der Waals surface area contributed by atoms with Crippen LogP contribution < -0.4 is 0 Å². The van der Waals surface area contributed by atoms with E-state index in [9.17, 15) is 0 Å². The van der Waals surface area contributed by atoms with Gasteiger partial charge in [0.25, 0.3) is 0 Å². The summed E-state index contributed by atoms with van der Waals surface area (Å²) in [6.07, 6.45) is 1.10. The third-order valence-electron chi connectivity index (χ3n) is 4.45. The van der Waals surface area contributed by atoms with Gasteiger partial charge in [-0.3, -0.25) is 0 Å². The van der Waals surface area contributed by atoms with Gasteiger partial charge in [-0.25, -0.2) is 0 Å². The van der Waals surface area contributed by atoms with E-state index in [2.05, 4.69) is 83.2 Å². The van der Waals surface area contributed by atoms with E-state index >= 15 is 0 Å². The van der Waals surface area contributed by atoms with Crippen molar-refractivity contribution >= 4 is 0 Å². The predicted molar refractivity (Wildman–Crippen MR) is 91.2 cm³/mol. The molecule has 0 amide bonds. The van der Waals surface area contributed by atoms with Gasteiger partial charge < -0.3 is 9.47 Å². The Labute approximate surface area is 131 Å². The quantitative estimate of drug-likeness (QED) is 0.688. The number of hydrogen-bond acceptors (Lipinski definition) is 1. The second-order valence-corrected chi connectivity index (χ2v) is 6.03. The first-order chi connectivity index (χ1) is 10.8. The lowest BCUT2D eigenvalue weighted by molar-refractivity contribution is 0.310. The van der Waals surface area contributed by atoms with Gasteiger partial charge in [0, 0.05) is 30.9 Å². The first-order valence-corrected chi connectivity index (χ1v) is 7.86. The molecule has 0 N–H and O–H groups in total. The summed E-state index contributed by atoms with van der Waals surface area (Å²) in [5, 5.41) is 0. The summed E-state index contributed by atoms with van der Waals surface area (Å²) in [5.74, 6) is 0. The summed E-state index contributed by atoms with van der Waals surface area (Å²) in [6, 6.07) is 23.8. The zero-order valence-electron chi connectivity index (χ0n) is 12.9. The van der Waals surface area contributed by atoms with Gasteiger partial charge in [0.05, 0.1) is 5.69 Å². The lowest BCUT2D eigenvalue weighted by atomic mass is 10.1. The van der Waals surface area contributed by atoms with E-state index in [-0.39, 0.29) is 0 Å². The second-order valence-electron chi connectivity index (χ2n) is 6.03. The van der Waals surface area contributed by atoms with Crippen LogP contribution in [0.3, 0.4) is 0 Å². The molecule has 22 heavy (non-hydrogen) atoms. The topological polar surface area (TPSA) is 8.17 Å². The van der Waals surface area contributed by atoms with E-state index in [4.69, 9.17) is 0 Å². The number of fused-ring (bicyclic) bond motifs is 1. The molecule has 0 fully saturated rings. The Bertz CT molecular complexity index is 772. The van der Waals surface area contributed by atoms with Gasteiger partial charge in [-0.05, 0) is 36.4 Å². The van der Waals surface area contributed by atoms with Crippen molar-refractivity contribution in [1.82, 2.24) is 9.47 Å². The molecule has 0 atom stereocenters. The highest BCUT2D eigenvalue weighted by Crippen LogP contribution is 2.32. The first-order valence-electron chi connectivity index (χ1n) is 7.86. The monoisotopic (exact) mass is 288 g/mol. The van der Waals surface area contributed by atoms with Gasteiger partial charge in [0.2, 0.25) is 0 Å². The Morgan fingerprint density at radius 2 is 1.55 bits per heavy atom. The Morgan fingerprint density at radius 1 is 0.864 bits per heavy atom. The van der Waals surface area contributed by atoms with Crippen molar-refractivity contribution in [2.24, 2.45) is 0 Å². The van der Waals surface area contributed by atoms with E-state index in [0.717, 1.165) is 19.5 Å². The molecule has 4 rings (SSSR count). The van der Waals surface area contributed by atoms with Crippen molar-refractivity contribution in [2.75, 3.05) is 13.6 Å². The Hall–Kier alpha value is -2.32. The number of likely N-dealkylation sites (N-methyl/N-ethyl adjacent to an activating group) is 1. The van der Waals surface area contributed by atoms with Crippen LogP contribution >= 0.6 is 0 Å². The van der Waals surface area contributed by atoms with Crippen LogP contribution in [0.5, 0.6) is 0 Å². The van der Waals surface area contributed by atoms with Gasteiger partial charge in [0.15, 0.2) is 0 Å². The predicted octanol–water partition coefficient (Wildman–Crippen LogP) is 4.13. The molecule has 0 unspecified atom stereocenters. The number of nitrogens with zero attached hydrogens (tertiary/aromatic N) is 2. The fourth-order valence-corrected chi connectivity index (χ4v) is 3.37. The highest BCUT2D eigenvalue weighted by molar-refractivity contribution is 5.66. The van der Waals surface area contributed by atoms with Crippen molar-refractivity contribution in [3.05, 3.63) is 78.0 Å². The van der Waals surface area contributed by atoms with Crippen molar-refractivity contribution in [3.63, 3.8) is 0 Å². The average molecular weight is 288 g/mol. The molecule has 1 aliphatic rings. The Morgan fingerprint density at radius 3 is 2.27 bits per heavy atom. The minimum atomic E-state index is 1.04. The van der Waals surface area contributed by atoms with Crippen molar-refractivity contribution in [2.45, 2.75) is 13.0 Å². The maximum Gasteiger partial charge on any atom is 0.0534 e. The summed E-state index contributed by atoms with van der Waals surface area (Å²) in [4.78, 5) is 2.40. The molecule has 0 saturated carbocycles. The molecule has 2 nitrogen and oxygen atoms in total. The molecule has 0 aliphatic carbocycles. The van der Waals surface area contributed by atoms with E-state index in [1.165, 1.54) is 28.2 Å². The third-order valence-corrected chi connectivity index (χ3v) is 4.45. The standard InChI is InChI=1S/C20H20N2/c1-21-13-12-19-17(15-21)14-20(16-8-4-2-5-9-16)22(19)18-10-6-3-7-11-18/h2-11,14H,12-13,15H2,1H3. The summed E-state index contributed by atoms with van der Waals surface area (Å²) in [6.45, 7) is 2.16. The SMILES string of the molecule is CN1CCc2c(cc(-c3ccccc3)n2-c2ccccc2)C1. The highest BCUT2D eigenvalue weighted by atomic mass is 15.1. The lowest BCUT2D eigenvalue weighted by Gasteiger charge is -2.24. The molecule has 110 valence electrons. The van der Waals surface area contributed by atoms with Crippen LogP contribution in [-0.4, -0.2) is 23.1 Å². The number of benzene rings is 2. The zero-order chi connectivity index (χ0) is 14.9. The highest BCUT2D eigenvalue weighted by Gasteiger charge is 2.21. The van der Waals surface area contributed by atoms with Crippen LogP contribution in [0.4, 0.5) is 0 Å². The molecule has 2 aromatic carbocycles. The van der Waals surface area contributed by atoms with Crippen LogP contribution in [-0.2, 0) is 13.0 Å². The van der Waals surface area contributed by atoms with Gasteiger partial charge in [-0.15, -0.1) is 0 Å². The molecule has 0 bridgehead atoms. The van der Waals surface area contributed by atoms with Gasteiger partial charge >= 0.3 is 0 Å². The molecular formula is C20H20N2. The van der Waals surface area contributed by atoms with Gasteiger partial charge in [-0.2, -0.15) is 0 Å². The number of rotatable bonds is 2. The van der Waals surface area contributed by atoms with Crippen LogP contribution in [0.1, 0.15) is 11.3 Å². The first kappa shape index (κ1) is 13.4. The molecular weight excluding hydrogens is 268 g/mol. The normalized spacial score (nSPS) is 14.8. The van der Waals surface area contributed by atoms with Crippen molar-refractivity contribution < 1.29 is 0 Å². The maximum absolute atomic E-state index is 2.44. The largest absolute Gasteiger partial charge is 0.313 e. The Balaban J connectivity index is 1.94. The minimum absolute atomic E-state index is 1.04. The molecule has 1 aromatic heterocycles. The van der Waals surface area contributed by atoms with E-state index < -0.39 is 0 Å². The summed E-state index contributed by atoms with van der Waals surface area (Å²) >= 11 is 0. The van der Waals surface area contributed by atoms with Crippen LogP contribution in [0.2, 0.25) is 0 Å².